The lowest BCUT2D eigenvalue weighted by atomic mass is 10.1. The number of nitro benzene ring substituents is 1. The van der Waals surface area contributed by atoms with E-state index in [4.69, 9.17) is 11.6 Å². The van der Waals surface area contributed by atoms with Gasteiger partial charge in [-0.3, -0.25) is 24.0 Å². The summed E-state index contributed by atoms with van der Waals surface area (Å²) in [6.07, 6.45) is 0.909. The molecule has 0 radical (unpaired) electrons. The highest BCUT2D eigenvalue weighted by atomic mass is 35.5. The molecule has 0 aromatic heterocycles. The second-order valence-electron chi connectivity index (χ2n) is 9.53. The first-order valence-electron chi connectivity index (χ1n) is 11.1. The molecule has 0 aliphatic heterocycles. The number of benzene rings is 2. The Kier molecular flexibility index (Phi) is 9.08. The first-order chi connectivity index (χ1) is 16.5. The third-order valence-electron chi connectivity index (χ3n) is 5.32. The fraction of sp³-hybridized carbons (Fsp3) is 0.417. The third-order valence-corrected chi connectivity index (χ3v) is 6.81. The van der Waals surface area contributed by atoms with Gasteiger partial charge in [-0.2, -0.15) is 0 Å². The molecule has 0 heterocycles. The minimum atomic E-state index is -4.03. The first-order valence-corrected chi connectivity index (χ1v) is 13.3. The van der Waals surface area contributed by atoms with Crippen LogP contribution in [0.4, 0.5) is 11.4 Å². The Morgan fingerprint density at radius 1 is 1.17 bits per heavy atom. The summed E-state index contributed by atoms with van der Waals surface area (Å²) in [4.78, 5) is 38.4. The van der Waals surface area contributed by atoms with Crippen molar-refractivity contribution in [2.45, 2.75) is 52.7 Å². The maximum atomic E-state index is 13.6. The molecule has 2 aromatic rings. The van der Waals surface area contributed by atoms with Gasteiger partial charge in [0.05, 0.1) is 16.9 Å². The molecule has 0 saturated heterocycles. The number of hydrogen-bond acceptors (Lipinski definition) is 6. The molecule has 0 spiro atoms. The number of rotatable bonds is 9. The Balaban J connectivity index is 2.51. The van der Waals surface area contributed by atoms with Crippen LogP contribution in [0, 0.1) is 17.0 Å². The summed E-state index contributed by atoms with van der Waals surface area (Å²) in [6, 6.07) is 9.62. The smallest absolute Gasteiger partial charge is 0.271 e. The zero-order valence-electron chi connectivity index (χ0n) is 21.1. The number of non-ortho nitro benzene ring substituents is 1. The van der Waals surface area contributed by atoms with Crippen molar-refractivity contribution in [1.29, 1.82) is 0 Å². The number of nitrogens with one attached hydrogen (secondary N) is 1. The number of hydrogen-bond donors (Lipinski definition) is 1. The molecule has 12 heteroatoms. The van der Waals surface area contributed by atoms with Crippen molar-refractivity contribution in [2.75, 3.05) is 17.1 Å². The Bertz CT molecular complexity index is 1260. The highest BCUT2D eigenvalue weighted by Gasteiger charge is 2.32. The van der Waals surface area contributed by atoms with E-state index in [2.05, 4.69) is 5.32 Å². The van der Waals surface area contributed by atoms with Crippen LogP contribution in [-0.2, 0) is 26.2 Å². The van der Waals surface area contributed by atoms with Crippen LogP contribution < -0.4 is 9.62 Å². The van der Waals surface area contributed by atoms with Crippen LogP contribution in [0.5, 0.6) is 0 Å². The maximum absolute atomic E-state index is 13.6. The lowest BCUT2D eigenvalue weighted by Gasteiger charge is -2.33. The van der Waals surface area contributed by atoms with Crippen molar-refractivity contribution in [1.82, 2.24) is 10.2 Å². The topological polar surface area (TPSA) is 130 Å². The van der Waals surface area contributed by atoms with Crippen LogP contribution in [0.25, 0.3) is 0 Å². The fourth-order valence-electron chi connectivity index (χ4n) is 3.44. The average Bonchev–Trinajstić information content (AvgIpc) is 2.74. The van der Waals surface area contributed by atoms with Crippen molar-refractivity contribution >= 4 is 44.8 Å². The number of sulfonamides is 1. The summed E-state index contributed by atoms with van der Waals surface area (Å²) < 4.78 is 26.2. The number of anilines is 1. The molecule has 0 saturated carbocycles. The minimum absolute atomic E-state index is 0.00420. The Morgan fingerprint density at radius 2 is 1.78 bits per heavy atom. The lowest BCUT2D eigenvalue weighted by Crippen LogP contribution is -2.54. The highest BCUT2D eigenvalue weighted by Crippen LogP contribution is 2.28. The van der Waals surface area contributed by atoms with Gasteiger partial charge in [-0.1, -0.05) is 35.9 Å². The van der Waals surface area contributed by atoms with E-state index >= 15 is 0 Å². The van der Waals surface area contributed by atoms with Gasteiger partial charge in [0.2, 0.25) is 21.8 Å². The molecule has 2 rings (SSSR count). The number of carbonyl (C=O) groups excluding carboxylic acids is 2. The summed E-state index contributed by atoms with van der Waals surface area (Å²) in [6.45, 7) is 7.81. The average molecular weight is 539 g/mol. The van der Waals surface area contributed by atoms with E-state index in [1.807, 2.05) is 0 Å². The van der Waals surface area contributed by atoms with Gasteiger partial charge >= 0.3 is 0 Å². The summed E-state index contributed by atoms with van der Waals surface area (Å²) in [5.41, 5.74) is 0.117. The van der Waals surface area contributed by atoms with Crippen LogP contribution in [0.1, 0.15) is 38.8 Å². The van der Waals surface area contributed by atoms with Crippen LogP contribution in [0.2, 0.25) is 5.02 Å². The van der Waals surface area contributed by atoms with Gasteiger partial charge in [0.15, 0.2) is 0 Å². The molecule has 0 fully saturated rings. The summed E-state index contributed by atoms with van der Waals surface area (Å²) in [7, 11) is -4.03. The van der Waals surface area contributed by atoms with Crippen LogP contribution in [-0.4, -0.2) is 54.4 Å². The molecule has 0 aliphatic carbocycles. The van der Waals surface area contributed by atoms with Crippen LogP contribution in [0.15, 0.2) is 42.5 Å². The van der Waals surface area contributed by atoms with Crippen molar-refractivity contribution in [3.8, 4) is 0 Å². The van der Waals surface area contributed by atoms with E-state index < -0.39 is 44.9 Å². The molecule has 2 amide bonds. The lowest BCUT2D eigenvalue weighted by molar-refractivity contribution is -0.384. The number of nitrogens with zero attached hydrogens (tertiary/aromatic N) is 3. The predicted molar refractivity (Wildman–Crippen MR) is 139 cm³/mol. The van der Waals surface area contributed by atoms with Crippen molar-refractivity contribution < 1.29 is 22.9 Å². The van der Waals surface area contributed by atoms with E-state index in [1.54, 1.807) is 58.9 Å². The zero-order chi connectivity index (χ0) is 27.4. The Labute approximate surface area is 216 Å². The Morgan fingerprint density at radius 3 is 2.31 bits per heavy atom. The van der Waals surface area contributed by atoms with Gasteiger partial charge in [0.25, 0.3) is 5.69 Å². The number of nitro groups is 1. The summed E-state index contributed by atoms with van der Waals surface area (Å²) >= 11 is 6.30. The van der Waals surface area contributed by atoms with Crippen molar-refractivity contribution in [2.24, 2.45) is 0 Å². The largest absolute Gasteiger partial charge is 0.350 e. The van der Waals surface area contributed by atoms with E-state index in [0.717, 1.165) is 16.6 Å². The molecule has 0 aliphatic rings. The number of carbonyl (C=O) groups is 2. The standard InChI is InChI=1S/C24H31ClN4O6S/c1-16-11-12-19(29(32)33)13-21(16)28(36(6,34)35)15-22(30)27(14-18-9-7-8-10-20(18)25)17(2)23(31)26-24(3,4)5/h7-13,17H,14-15H2,1-6H3,(H,26,31)/t17-/m0/s1. The van der Waals surface area contributed by atoms with Gasteiger partial charge < -0.3 is 10.2 Å². The SMILES string of the molecule is Cc1ccc([N+](=O)[O-])cc1N(CC(=O)N(Cc1ccccc1Cl)[C@@H](C)C(=O)NC(C)(C)C)S(C)(=O)=O. The Hall–Kier alpha value is -3.18. The minimum Gasteiger partial charge on any atom is -0.350 e. The van der Waals surface area contributed by atoms with Gasteiger partial charge in [-0.25, -0.2) is 8.42 Å². The zero-order valence-corrected chi connectivity index (χ0v) is 22.7. The fourth-order valence-corrected chi connectivity index (χ4v) is 4.54. The van der Waals surface area contributed by atoms with E-state index in [9.17, 15) is 28.1 Å². The van der Waals surface area contributed by atoms with E-state index in [-0.39, 0.29) is 17.9 Å². The predicted octanol–water partition coefficient (Wildman–Crippen LogP) is 3.65. The van der Waals surface area contributed by atoms with Crippen LogP contribution in [0.3, 0.4) is 0 Å². The van der Waals surface area contributed by atoms with E-state index in [0.29, 0.717) is 16.1 Å². The van der Waals surface area contributed by atoms with Gasteiger partial charge in [-0.15, -0.1) is 0 Å². The first kappa shape index (κ1) is 29.1. The number of amides is 2. The quantitative estimate of drug-likeness (QED) is 0.383. The molecule has 0 unspecified atom stereocenters. The highest BCUT2D eigenvalue weighted by molar-refractivity contribution is 7.92. The molecule has 196 valence electrons. The maximum Gasteiger partial charge on any atom is 0.271 e. The molecular weight excluding hydrogens is 508 g/mol. The van der Waals surface area contributed by atoms with Gasteiger partial charge in [0, 0.05) is 29.2 Å². The third kappa shape index (κ3) is 7.66. The van der Waals surface area contributed by atoms with Crippen molar-refractivity contribution in [3.05, 3.63) is 68.7 Å². The van der Waals surface area contributed by atoms with E-state index in [1.165, 1.54) is 17.0 Å². The summed E-state index contributed by atoms with van der Waals surface area (Å²) in [5.74, 6) is -1.11. The molecule has 0 bridgehead atoms. The molecule has 1 N–H and O–H groups in total. The molecule has 10 nitrogen and oxygen atoms in total. The van der Waals surface area contributed by atoms with Gasteiger partial charge in [0.1, 0.15) is 12.6 Å². The summed E-state index contributed by atoms with van der Waals surface area (Å²) in [5, 5.41) is 14.5. The molecule has 36 heavy (non-hydrogen) atoms. The molecular formula is C24H31ClN4O6S. The second-order valence-corrected chi connectivity index (χ2v) is 11.8. The number of halogens is 1. The monoisotopic (exact) mass is 538 g/mol. The second kappa shape index (κ2) is 11.3. The molecule has 2 aromatic carbocycles. The van der Waals surface area contributed by atoms with Gasteiger partial charge in [-0.05, 0) is 51.8 Å². The molecule has 1 atom stereocenters. The number of aryl methyl sites for hydroxylation is 1. The van der Waals surface area contributed by atoms with Crippen LogP contribution >= 0.6 is 11.6 Å². The van der Waals surface area contributed by atoms with Crippen molar-refractivity contribution in [3.63, 3.8) is 0 Å². The normalized spacial score (nSPS) is 12.5.